The predicted molar refractivity (Wildman–Crippen MR) is 175 cm³/mol. The van der Waals surface area contributed by atoms with Gasteiger partial charge in [-0.1, -0.05) is 95.4 Å². The first-order valence-corrected chi connectivity index (χ1v) is 16.3. The molecule has 1 atom stereocenters. The zero-order chi connectivity index (χ0) is 31.6. The minimum atomic E-state index is -1.96. The monoisotopic (exact) mass is 666 g/mol. The standard InChI is InChI=1S/C34H20ClFN4O4S2/c35-21-15-13-19(14-16-21)18-45-33-38-37-32(46-33)40-30(42)29-27(28(41)22-8-2-6-12-26(22)44-29)34(40)23-9-3-5-11-25(23)39(31(34)43)17-20-7-1-4-10-24(20)36/h1-16H,17-18H2. The molecule has 12 heteroatoms. The summed E-state index contributed by atoms with van der Waals surface area (Å²) in [6.07, 6.45) is 0. The number of hydrogen-bond donors (Lipinski definition) is 0. The average molecular weight is 667 g/mol. The molecule has 0 fully saturated rings. The summed E-state index contributed by atoms with van der Waals surface area (Å²) >= 11 is 8.57. The lowest BCUT2D eigenvalue weighted by Crippen LogP contribution is -2.53. The van der Waals surface area contributed by atoms with Gasteiger partial charge in [0, 0.05) is 21.9 Å². The van der Waals surface area contributed by atoms with Crippen LogP contribution in [-0.2, 0) is 22.6 Å². The van der Waals surface area contributed by atoms with E-state index >= 15 is 0 Å². The predicted octanol–water partition coefficient (Wildman–Crippen LogP) is 7.18. The van der Waals surface area contributed by atoms with E-state index in [-0.39, 0.29) is 39.5 Å². The Hall–Kier alpha value is -4.84. The molecule has 0 saturated heterocycles. The van der Waals surface area contributed by atoms with Crippen LogP contribution in [0.4, 0.5) is 15.2 Å². The van der Waals surface area contributed by atoms with Crippen molar-refractivity contribution in [3.63, 3.8) is 0 Å². The number of anilines is 2. The van der Waals surface area contributed by atoms with Crippen LogP contribution in [0.25, 0.3) is 11.0 Å². The van der Waals surface area contributed by atoms with Gasteiger partial charge >= 0.3 is 0 Å². The van der Waals surface area contributed by atoms with Crippen LogP contribution in [0.2, 0.25) is 5.02 Å². The van der Waals surface area contributed by atoms with E-state index in [0.29, 0.717) is 26.4 Å². The molecule has 1 unspecified atom stereocenters. The molecule has 2 amide bonds. The van der Waals surface area contributed by atoms with Crippen molar-refractivity contribution < 1.29 is 18.4 Å². The van der Waals surface area contributed by atoms with Crippen LogP contribution < -0.4 is 15.2 Å². The maximum absolute atomic E-state index is 15.0. The smallest absolute Gasteiger partial charge is 0.297 e. The summed E-state index contributed by atoms with van der Waals surface area (Å²) in [5.41, 5.74) is -0.238. The average Bonchev–Trinajstić information content (AvgIpc) is 3.71. The Morgan fingerprint density at radius 3 is 2.46 bits per heavy atom. The van der Waals surface area contributed by atoms with Gasteiger partial charge < -0.3 is 9.32 Å². The largest absolute Gasteiger partial charge is 0.450 e. The number of aromatic nitrogens is 2. The summed E-state index contributed by atoms with van der Waals surface area (Å²) in [6.45, 7) is -0.126. The van der Waals surface area contributed by atoms with Crippen molar-refractivity contribution in [3.05, 3.63) is 146 Å². The van der Waals surface area contributed by atoms with Gasteiger partial charge in [-0.3, -0.25) is 19.3 Å². The highest BCUT2D eigenvalue weighted by Crippen LogP contribution is 2.55. The molecule has 1 spiro atoms. The molecule has 0 bridgehead atoms. The fraction of sp³-hybridized carbons (Fsp3) is 0.0882. The maximum Gasteiger partial charge on any atom is 0.297 e. The SMILES string of the molecule is O=C1c2oc3ccccc3c(=O)c2C2(C(=O)N(Cc3ccccc3F)c3ccccc32)N1c1nnc(SCc2ccc(Cl)cc2)s1. The Bertz CT molecular complexity index is 2270. The Balaban J connectivity index is 1.31. The van der Waals surface area contributed by atoms with Crippen LogP contribution in [0.1, 0.15) is 32.8 Å². The third-order valence-electron chi connectivity index (χ3n) is 8.18. The zero-order valence-electron chi connectivity index (χ0n) is 23.6. The second kappa shape index (κ2) is 10.9. The molecule has 4 heterocycles. The number of thioether (sulfide) groups is 1. The number of hydrogen-bond acceptors (Lipinski definition) is 8. The van der Waals surface area contributed by atoms with E-state index < -0.39 is 28.6 Å². The van der Waals surface area contributed by atoms with E-state index in [0.717, 1.165) is 16.9 Å². The lowest BCUT2D eigenvalue weighted by Gasteiger charge is -2.32. The maximum atomic E-state index is 15.0. The molecule has 2 aliphatic heterocycles. The number of amides is 2. The third kappa shape index (κ3) is 4.23. The van der Waals surface area contributed by atoms with Crippen molar-refractivity contribution in [3.8, 4) is 0 Å². The summed E-state index contributed by atoms with van der Waals surface area (Å²) < 4.78 is 21.6. The lowest BCUT2D eigenvalue weighted by molar-refractivity contribution is -0.121. The van der Waals surface area contributed by atoms with E-state index in [4.69, 9.17) is 16.0 Å². The highest BCUT2D eigenvalue weighted by Gasteiger charge is 2.66. The van der Waals surface area contributed by atoms with Crippen LogP contribution in [0, 0.1) is 5.82 Å². The van der Waals surface area contributed by atoms with Crippen molar-refractivity contribution in [2.75, 3.05) is 9.80 Å². The van der Waals surface area contributed by atoms with Crippen molar-refractivity contribution in [1.29, 1.82) is 0 Å². The van der Waals surface area contributed by atoms with Crippen molar-refractivity contribution >= 4 is 68.3 Å². The van der Waals surface area contributed by atoms with Crippen molar-refractivity contribution in [2.24, 2.45) is 0 Å². The summed E-state index contributed by atoms with van der Waals surface area (Å²) in [5.74, 6) is -1.46. The fourth-order valence-electron chi connectivity index (χ4n) is 6.14. The van der Waals surface area contributed by atoms with Crippen LogP contribution in [0.15, 0.2) is 111 Å². The number of nitrogens with zero attached hydrogens (tertiary/aromatic N) is 4. The van der Waals surface area contributed by atoms with Gasteiger partial charge in [0.1, 0.15) is 11.4 Å². The quantitative estimate of drug-likeness (QED) is 0.137. The van der Waals surface area contributed by atoms with Gasteiger partial charge in [0.2, 0.25) is 10.9 Å². The third-order valence-corrected chi connectivity index (χ3v) is 10.5. The normalized spacial score (nSPS) is 16.9. The summed E-state index contributed by atoms with van der Waals surface area (Å²) in [4.78, 5) is 46.4. The molecule has 6 aromatic rings. The second-order valence-electron chi connectivity index (χ2n) is 10.7. The molecule has 8 nitrogen and oxygen atoms in total. The summed E-state index contributed by atoms with van der Waals surface area (Å²) in [5, 5.41) is 9.67. The van der Waals surface area contributed by atoms with E-state index in [1.165, 1.54) is 27.6 Å². The molecule has 4 aromatic carbocycles. The minimum Gasteiger partial charge on any atom is -0.450 e. The Kier molecular flexibility index (Phi) is 6.78. The van der Waals surface area contributed by atoms with Gasteiger partial charge in [-0.25, -0.2) is 4.39 Å². The van der Waals surface area contributed by atoms with E-state index in [2.05, 4.69) is 10.2 Å². The van der Waals surface area contributed by atoms with Crippen molar-refractivity contribution in [2.45, 2.75) is 22.2 Å². The first-order valence-electron chi connectivity index (χ1n) is 14.1. The molecule has 0 aliphatic carbocycles. The molecule has 46 heavy (non-hydrogen) atoms. The number of benzene rings is 4. The molecular weight excluding hydrogens is 647 g/mol. The van der Waals surface area contributed by atoms with Crippen molar-refractivity contribution in [1.82, 2.24) is 10.2 Å². The Morgan fingerprint density at radius 1 is 0.891 bits per heavy atom. The van der Waals surface area contributed by atoms with E-state index in [9.17, 15) is 18.8 Å². The van der Waals surface area contributed by atoms with E-state index in [1.54, 1.807) is 78.9 Å². The first-order chi connectivity index (χ1) is 22.4. The zero-order valence-corrected chi connectivity index (χ0v) is 26.0. The minimum absolute atomic E-state index is 0.102. The van der Waals surface area contributed by atoms with Crippen LogP contribution in [-0.4, -0.2) is 22.0 Å². The topological polar surface area (TPSA) is 96.6 Å². The highest BCUT2D eigenvalue weighted by atomic mass is 35.5. The van der Waals surface area contributed by atoms with Crippen LogP contribution in [0.5, 0.6) is 0 Å². The molecule has 2 aromatic heterocycles. The van der Waals surface area contributed by atoms with Gasteiger partial charge in [-0.2, -0.15) is 0 Å². The number of carbonyl (C=O) groups excluding carboxylic acids is 2. The molecule has 0 N–H and O–H groups in total. The fourth-order valence-corrected chi connectivity index (χ4v) is 8.11. The molecule has 0 radical (unpaired) electrons. The molecule has 2 aliphatic rings. The van der Waals surface area contributed by atoms with Crippen LogP contribution >= 0.6 is 34.7 Å². The van der Waals surface area contributed by atoms with Crippen LogP contribution in [0.3, 0.4) is 0 Å². The molecule has 0 saturated carbocycles. The van der Waals surface area contributed by atoms with Gasteiger partial charge in [0.25, 0.3) is 11.8 Å². The Morgan fingerprint density at radius 2 is 1.63 bits per heavy atom. The number of rotatable bonds is 6. The van der Waals surface area contributed by atoms with Gasteiger partial charge in [-0.15, -0.1) is 10.2 Å². The molecular formula is C34H20ClFN4O4S2. The lowest BCUT2D eigenvalue weighted by atomic mass is 9.84. The summed E-state index contributed by atoms with van der Waals surface area (Å²) in [6, 6.07) is 27.1. The second-order valence-corrected chi connectivity index (χ2v) is 13.4. The van der Waals surface area contributed by atoms with E-state index in [1.807, 2.05) is 12.1 Å². The molecule has 226 valence electrons. The summed E-state index contributed by atoms with van der Waals surface area (Å²) in [7, 11) is 0. The number of carbonyl (C=O) groups is 2. The van der Waals surface area contributed by atoms with Gasteiger partial charge in [-0.05, 0) is 42.0 Å². The molecule has 8 rings (SSSR count). The Labute approximate surface area is 274 Å². The number of para-hydroxylation sites is 2. The van der Waals surface area contributed by atoms with Gasteiger partial charge in [0.15, 0.2) is 15.3 Å². The highest BCUT2D eigenvalue weighted by molar-refractivity contribution is 8.00. The van der Waals surface area contributed by atoms with Gasteiger partial charge in [0.05, 0.1) is 23.2 Å². The number of halogens is 2. The number of fused-ring (bicyclic) bond motifs is 5. The first kappa shape index (κ1) is 28.6.